The fourth-order valence-corrected chi connectivity index (χ4v) is 3.70. The van der Waals surface area contributed by atoms with Crippen molar-refractivity contribution in [1.29, 1.82) is 0 Å². The Morgan fingerprint density at radius 1 is 0.897 bits per heavy atom. The van der Waals surface area contributed by atoms with Gasteiger partial charge in [0.15, 0.2) is 0 Å². The van der Waals surface area contributed by atoms with Gasteiger partial charge in [-0.3, -0.25) is 4.79 Å². The minimum atomic E-state index is -0.299. The first-order valence-corrected chi connectivity index (χ1v) is 9.63. The minimum absolute atomic E-state index is 0.0174. The lowest BCUT2D eigenvalue weighted by molar-refractivity contribution is 0.0683. The van der Waals surface area contributed by atoms with E-state index >= 15 is 0 Å². The number of hydrogen-bond acceptors (Lipinski definition) is 4. The molecule has 0 saturated carbocycles. The van der Waals surface area contributed by atoms with Gasteiger partial charge in [0, 0.05) is 17.8 Å². The Labute approximate surface area is 170 Å². The Balaban J connectivity index is 1.66. The Hall–Kier alpha value is -3.47. The van der Waals surface area contributed by atoms with Gasteiger partial charge in [-0.15, -0.1) is 0 Å². The number of carbonyl (C=O) groups is 1. The molecule has 0 fully saturated rings. The standard InChI is InChI=1S/C24H24N2O3/c1-28-18-13-11-17(12-14-18)15-16-26-23(20-8-4-6-10-22(20)29-2)25-21-9-5-3-7-19(21)24(26)27/h3-14,23,25H,15-16H2,1-2H3/t23-/m0/s1. The van der Waals surface area contributed by atoms with Crippen LogP contribution in [-0.4, -0.2) is 31.6 Å². The van der Waals surface area contributed by atoms with Crippen LogP contribution in [0.1, 0.15) is 27.7 Å². The summed E-state index contributed by atoms with van der Waals surface area (Å²) in [4.78, 5) is 15.2. The molecule has 1 amide bonds. The van der Waals surface area contributed by atoms with Crippen LogP contribution in [0.4, 0.5) is 5.69 Å². The van der Waals surface area contributed by atoms with Crippen molar-refractivity contribution in [2.75, 3.05) is 26.1 Å². The van der Waals surface area contributed by atoms with Crippen LogP contribution in [0.25, 0.3) is 0 Å². The number of methoxy groups -OCH3 is 2. The highest BCUT2D eigenvalue weighted by Gasteiger charge is 2.33. The molecule has 0 aliphatic carbocycles. The van der Waals surface area contributed by atoms with Gasteiger partial charge in [0.1, 0.15) is 17.7 Å². The van der Waals surface area contributed by atoms with E-state index in [-0.39, 0.29) is 12.1 Å². The van der Waals surface area contributed by atoms with Gasteiger partial charge < -0.3 is 19.7 Å². The molecular formula is C24H24N2O3. The average molecular weight is 388 g/mol. The maximum Gasteiger partial charge on any atom is 0.257 e. The normalized spacial score (nSPS) is 15.4. The van der Waals surface area contributed by atoms with E-state index in [4.69, 9.17) is 9.47 Å². The molecule has 0 radical (unpaired) electrons. The van der Waals surface area contributed by atoms with Gasteiger partial charge in [-0.25, -0.2) is 0 Å². The molecule has 1 heterocycles. The summed E-state index contributed by atoms with van der Waals surface area (Å²) in [5, 5.41) is 3.53. The second-order valence-corrected chi connectivity index (χ2v) is 6.93. The Morgan fingerprint density at radius 3 is 2.38 bits per heavy atom. The number of para-hydroxylation sites is 2. The molecule has 0 aromatic heterocycles. The summed E-state index contributed by atoms with van der Waals surface area (Å²) in [5.74, 6) is 1.60. The Kier molecular flexibility index (Phi) is 5.38. The SMILES string of the molecule is COc1ccc(CCN2C(=O)c3ccccc3N[C@@H]2c2ccccc2OC)cc1. The van der Waals surface area contributed by atoms with Crippen LogP contribution in [-0.2, 0) is 6.42 Å². The highest BCUT2D eigenvalue weighted by atomic mass is 16.5. The fraction of sp³-hybridized carbons (Fsp3) is 0.208. The summed E-state index contributed by atoms with van der Waals surface area (Å²) in [6.45, 7) is 0.579. The van der Waals surface area contributed by atoms with Crippen molar-refractivity contribution in [3.05, 3.63) is 89.5 Å². The smallest absolute Gasteiger partial charge is 0.257 e. The monoisotopic (exact) mass is 388 g/mol. The number of fused-ring (bicyclic) bond motifs is 1. The zero-order chi connectivity index (χ0) is 20.2. The molecule has 0 saturated heterocycles. The van der Waals surface area contributed by atoms with Crippen molar-refractivity contribution in [3.63, 3.8) is 0 Å². The predicted octanol–water partition coefficient (Wildman–Crippen LogP) is 4.51. The third kappa shape index (κ3) is 3.76. The van der Waals surface area contributed by atoms with Crippen molar-refractivity contribution in [3.8, 4) is 11.5 Å². The maximum absolute atomic E-state index is 13.3. The number of benzene rings is 3. The molecule has 1 aliphatic rings. The van der Waals surface area contributed by atoms with E-state index in [1.807, 2.05) is 77.7 Å². The second-order valence-electron chi connectivity index (χ2n) is 6.93. The fourth-order valence-electron chi connectivity index (χ4n) is 3.70. The van der Waals surface area contributed by atoms with Crippen molar-refractivity contribution >= 4 is 11.6 Å². The van der Waals surface area contributed by atoms with E-state index in [1.165, 1.54) is 0 Å². The van der Waals surface area contributed by atoms with Crippen LogP contribution in [0.5, 0.6) is 11.5 Å². The van der Waals surface area contributed by atoms with Gasteiger partial charge in [0.25, 0.3) is 5.91 Å². The third-order valence-electron chi connectivity index (χ3n) is 5.26. The first-order valence-electron chi connectivity index (χ1n) is 9.63. The van der Waals surface area contributed by atoms with Crippen molar-refractivity contribution in [2.45, 2.75) is 12.6 Å². The van der Waals surface area contributed by atoms with Crippen LogP contribution >= 0.6 is 0 Å². The summed E-state index contributed by atoms with van der Waals surface area (Å²) in [6.07, 6.45) is 0.442. The molecule has 1 N–H and O–H groups in total. The van der Waals surface area contributed by atoms with Gasteiger partial charge in [0.05, 0.1) is 19.8 Å². The second kappa shape index (κ2) is 8.27. The number of ether oxygens (including phenoxy) is 2. The van der Waals surface area contributed by atoms with Crippen LogP contribution < -0.4 is 14.8 Å². The van der Waals surface area contributed by atoms with Crippen LogP contribution in [0.3, 0.4) is 0 Å². The summed E-state index contributed by atoms with van der Waals surface area (Å²) < 4.78 is 10.8. The zero-order valence-electron chi connectivity index (χ0n) is 16.6. The number of amides is 1. The number of rotatable bonds is 6. The zero-order valence-corrected chi connectivity index (χ0v) is 16.6. The summed E-state index contributed by atoms with van der Waals surface area (Å²) >= 11 is 0. The highest BCUT2D eigenvalue weighted by Crippen LogP contribution is 2.36. The molecule has 148 valence electrons. The van der Waals surface area contributed by atoms with Gasteiger partial charge >= 0.3 is 0 Å². The average Bonchev–Trinajstić information content (AvgIpc) is 2.78. The van der Waals surface area contributed by atoms with Gasteiger partial charge in [-0.2, -0.15) is 0 Å². The number of nitrogens with one attached hydrogen (secondary N) is 1. The third-order valence-corrected chi connectivity index (χ3v) is 5.26. The minimum Gasteiger partial charge on any atom is -0.497 e. The molecule has 3 aromatic carbocycles. The first kappa shape index (κ1) is 18.9. The van der Waals surface area contributed by atoms with Gasteiger partial charge in [0.2, 0.25) is 0 Å². The molecule has 0 spiro atoms. The number of carbonyl (C=O) groups excluding carboxylic acids is 1. The first-order chi connectivity index (χ1) is 14.2. The topological polar surface area (TPSA) is 50.8 Å². The lowest BCUT2D eigenvalue weighted by Crippen LogP contribution is -2.44. The van der Waals surface area contributed by atoms with E-state index in [1.54, 1.807) is 14.2 Å². The van der Waals surface area contributed by atoms with Gasteiger partial charge in [-0.1, -0.05) is 42.5 Å². The van der Waals surface area contributed by atoms with Crippen LogP contribution in [0, 0.1) is 0 Å². The maximum atomic E-state index is 13.3. The lowest BCUT2D eigenvalue weighted by atomic mass is 10.0. The molecule has 29 heavy (non-hydrogen) atoms. The molecule has 0 unspecified atom stereocenters. The Morgan fingerprint density at radius 2 is 1.62 bits per heavy atom. The van der Waals surface area contributed by atoms with Crippen LogP contribution in [0.15, 0.2) is 72.8 Å². The summed E-state index contributed by atoms with van der Waals surface area (Å²) in [6, 6.07) is 23.4. The van der Waals surface area contributed by atoms with E-state index in [0.717, 1.165) is 34.7 Å². The molecule has 3 aromatic rings. The molecule has 0 bridgehead atoms. The molecule has 4 rings (SSSR count). The summed E-state index contributed by atoms with van der Waals surface area (Å²) in [5.41, 5.74) is 3.62. The predicted molar refractivity (Wildman–Crippen MR) is 114 cm³/mol. The van der Waals surface area contributed by atoms with Crippen molar-refractivity contribution in [2.24, 2.45) is 0 Å². The molecule has 5 nitrogen and oxygen atoms in total. The molecule has 5 heteroatoms. The highest BCUT2D eigenvalue weighted by molar-refractivity contribution is 6.01. The molecule has 1 aliphatic heterocycles. The number of nitrogens with zero attached hydrogens (tertiary/aromatic N) is 1. The molecule has 1 atom stereocenters. The summed E-state index contributed by atoms with van der Waals surface area (Å²) in [7, 11) is 3.31. The van der Waals surface area contributed by atoms with Crippen molar-refractivity contribution < 1.29 is 14.3 Å². The van der Waals surface area contributed by atoms with E-state index in [9.17, 15) is 4.79 Å². The lowest BCUT2D eigenvalue weighted by Gasteiger charge is -2.38. The molecular weight excluding hydrogens is 364 g/mol. The van der Waals surface area contributed by atoms with E-state index in [0.29, 0.717) is 12.1 Å². The van der Waals surface area contributed by atoms with Gasteiger partial charge in [-0.05, 0) is 42.3 Å². The van der Waals surface area contributed by atoms with E-state index in [2.05, 4.69) is 5.32 Å². The Bertz CT molecular complexity index is 1000. The van der Waals surface area contributed by atoms with Crippen LogP contribution in [0.2, 0.25) is 0 Å². The quantitative estimate of drug-likeness (QED) is 0.675. The number of anilines is 1. The van der Waals surface area contributed by atoms with E-state index < -0.39 is 0 Å². The van der Waals surface area contributed by atoms with Crippen molar-refractivity contribution in [1.82, 2.24) is 4.90 Å². The largest absolute Gasteiger partial charge is 0.497 e. The number of hydrogen-bond donors (Lipinski definition) is 1.